The molecule has 0 aromatic carbocycles. The number of esters is 2. The first kappa shape index (κ1) is 39.6. The highest BCUT2D eigenvalue weighted by Gasteiger charge is 2.02. The van der Waals surface area contributed by atoms with Crippen LogP contribution in [0.3, 0.4) is 0 Å². The molecule has 0 unspecified atom stereocenters. The third kappa shape index (κ3) is 36.6. The van der Waals surface area contributed by atoms with E-state index >= 15 is 0 Å². The number of carbonyl (C=O) groups is 2. The van der Waals surface area contributed by atoms with E-state index < -0.39 is 0 Å². The van der Waals surface area contributed by atoms with Crippen LogP contribution in [0.4, 0.5) is 0 Å². The molecular weight excluding hydrogens is 544 g/mol. The first-order chi connectivity index (χ1) is 20.2. The quantitative estimate of drug-likeness (QED) is 0.0788. The summed E-state index contributed by atoms with van der Waals surface area (Å²) >= 11 is 0. The molecule has 13 nitrogen and oxygen atoms in total. The van der Waals surface area contributed by atoms with Gasteiger partial charge in [0.25, 0.3) is 0 Å². The van der Waals surface area contributed by atoms with Crippen molar-refractivity contribution in [2.45, 2.75) is 39.5 Å². The van der Waals surface area contributed by atoms with Crippen molar-refractivity contribution in [3.63, 3.8) is 0 Å². The van der Waals surface area contributed by atoms with Crippen LogP contribution in [0.15, 0.2) is 0 Å². The van der Waals surface area contributed by atoms with Gasteiger partial charge in [0, 0.05) is 13.3 Å². The van der Waals surface area contributed by atoms with E-state index in [1.54, 1.807) is 0 Å². The number of carbonyl (C=O) groups excluding carboxylic acids is 2. The zero-order valence-electron chi connectivity index (χ0n) is 25.3. The van der Waals surface area contributed by atoms with Crippen molar-refractivity contribution in [2.75, 3.05) is 132 Å². The van der Waals surface area contributed by atoms with Gasteiger partial charge in [0.1, 0.15) is 13.2 Å². The van der Waals surface area contributed by atoms with Gasteiger partial charge < -0.3 is 52.1 Å². The van der Waals surface area contributed by atoms with Crippen molar-refractivity contribution in [1.82, 2.24) is 0 Å². The van der Waals surface area contributed by atoms with Gasteiger partial charge in [-0.1, -0.05) is 19.8 Å². The summed E-state index contributed by atoms with van der Waals surface area (Å²) < 4.78 is 58.4. The third-order valence-corrected chi connectivity index (χ3v) is 4.98. The summed E-state index contributed by atoms with van der Waals surface area (Å²) in [6.07, 6.45) is 3.49. The molecule has 0 saturated heterocycles. The van der Waals surface area contributed by atoms with Crippen LogP contribution in [-0.4, -0.2) is 144 Å². The lowest BCUT2D eigenvalue weighted by molar-refractivity contribution is -0.145. The molecule has 0 amide bonds. The van der Waals surface area contributed by atoms with Crippen molar-refractivity contribution in [2.24, 2.45) is 0 Å². The molecule has 0 N–H and O–H groups in total. The van der Waals surface area contributed by atoms with Crippen LogP contribution in [-0.2, 0) is 61.7 Å². The monoisotopic (exact) mass is 598 g/mol. The lowest BCUT2D eigenvalue weighted by Crippen LogP contribution is -2.15. The molecule has 0 aromatic rings. The van der Waals surface area contributed by atoms with E-state index in [0.717, 1.165) is 19.3 Å². The van der Waals surface area contributed by atoms with Crippen LogP contribution in [0.25, 0.3) is 0 Å². The van der Waals surface area contributed by atoms with Crippen LogP contribution >= 0.6 is 0 Å². The van der Waals surface area contributed by atoms with E-state index in [2.05, 4.69) is 6.92 Å². The molecule has 0 aliphatic rings. The molecule has 0 radical (unpaired) electrons. The maximum Gasteiger partial charge on any atom is 0.305 e. The predicted molar refractivity (Wildman–Crippen MR) is 149 cm³/mol. The molecule has 0 atom stereocenters. The zero-order valence-corrected chi connectivity index (χ0v) is 25.3. The Morgan fingerprint density at radius 1 is 0.390 bits per heavy atom. The standard InChI is InChI=1S/C28H54O13/c1-3-4-5-6-28(30)41-26-24-39-22-20-37-18-16-35-14-12-33-10-8-31-7-9-32-11-13-34-15-17-36-19-21-38-23-25-40-27(2)29/h3-26H2,1-2H3. The summed E-state index contributed by atoms with van der Waals surface area (Å²) in [5, 5.41) is 0. The number of ether oxygens (including phenoxy) is 11. The van der Waals surface area contributed by atoms with Gasteiger partial charge in [-0.25, -0.2) is 0 Å². The summed E-state index contributed by atoms with van der Waals surface area (Å²) in [5.41, 5.74) is 0. The molecule has 13 heteroatoms. The second kappa shape index (κ2) is 34.8. The minimum Gasteiger partial charge on any atom is -0.463 e. The highest BCUT2D eigenvalue weighted by Crippen LogP contribution is 2.00. The summed E-state index contributed by atoms with van der Waals surface area (Å²) in [6, 6.07) is 0. The molecule has 0 heterocycles. The van der Waals surface area contributed by atoms with E-state index in [0.29, 0.717) is 125 Å². The molecular formula is C28H54O13. The van der Waals surface area contributed by atoms with Crippen molar-refractivity contribution >= 4 is 11.9 Å². The fraction of sp³-hybridized carbons (Fsp3) is 0.929. The lowest BCUT2D eigenvalue weighted by Gasteiger charge is -2.09. The van der Waals surface area contributed by atoms with Gasteiger partial charge in [0.05, 0.1) is 119 Å². The van der Waals surface area contributed by atoms with Gasteiger partial charge in [-0.15, -0.1) is 0 Å². The number of hydrogen-bond acceptors (Lipinski definition) is 13. The van der Waals surface area contributed by atoms with Crippen LogP contribution in [0.1, 0.15) is 39.5 Å². The Morgan fingerprint density at radius 3 is 0.927 bits per heavy atom. The first-order valence-electron chi connectivity index (χ1n) is 14.7. The Labute approximate surface area is 245 Å². The molecule has 0 rings (SSSR count). The Morgan fingerprint density at radius 2 is 0.659 bits per heavy atom. The average Bonchev–Trinajstić information content (AvgIpc) is 2.96. The Bertz CT molecular complexity index is 551. The largest absolute Gasteiger partial charge is 0.463 e. The second-order valence-electron chi connectivity index (χ2n) is 8.53. The van der Waals surface area contributed by atoms with Crippen molar-refractivity contribution in [1.29, 1.82) is 0 Å². The molecule has 0 aromatic heterocycles. The Kier molecular flexibility index (Phi) is 33.6. The maximum atomic E-state index is 11.4. The van der Waals surface area contributed by atoms with Crippen molar-refractivity contribution in [3.05, 3.63) is 0 Å². The van der Waals surface area contributed by atoms with Crippen molar-refractivity contribution in [3.8, 4) is 0 Å². The maximum absolute atomic E-state index is 11.4. The van der Waals surface area contributed by atoms with Crippen LogP contribution in [0.5, 0.6) is 0 Å². The third-order valence-electron chi connectivity index (χ3n) is 4.98. The fourth-order valence-electron chi connectivity index (χ4n) is 2.91. The summed E-state index contributed by atoms with van der Waals surface area (Å²) in [5.74, 6) is -0.475. The molecule has 244 valence electrons. The topological polar surface area (TPSA) is 136 Å². The van der Waals surface area contributed by atoms with Gasteiger partial charge in [-0.05, 0) is 6.42 Å². The van der Waals surface area contributed by atoms with Gasteiger partial charge in [0.2, 0.25) is 0 Å². The lowest BCUT2D eigenvalue weighted by atomic mass is 10.2. The molecule has 0 aliphatic carbocycles. The summed E-state index contributed by atoms with van der Waals surface area (Å²) in [6.45, 7) is 12.4. The van der Waals surface area contributed by atoms with Crippen LogP contribution < -0.4 is 0 Å². The normalized spacial score (nSPS) is 11.2. The van der Waals surface area contributed by atoms with E-state index in [1.165, 1.54) is 6.92 Å². The van der Waals surface area contributed by atoms with Crippen LogP contribution in [0, 0.1) is 0 Å². The molecule has 0 fully saturated rings. The summed E-state index contributed by atoms with van der Waals surface area (Å²) in [7, 11) is 0. The highest BCUT2D eigenvalue weighted by atomic mass is 16.6. The Hall–Kier alpha value is -1.42. The van der Waals surface area contributed by atoms with E-state index in [-0.39, 0.29) is 25.2 Å². The number of rotatable bonds is 34. The smallest absolute Gasteiger partial charge is 0.305 e. The molecule has 41 heavy (non-hydrogen) atoms. The van der Waals surface area contributed by atoms with Gasteiger partial charge in [-0.3, -0.25) is 9.59 Å². The molecule has 0 bridgehead atoms. The van der Waals surface area contributed by atoms with Crippen LogP contribution in [0.2, 0.25) is 0 Å². The second-order valence-corrected chi connectivity index (χ2v) is 8.53. The highest BCUT2D eigenvalue weighted by molar-refractivity contribution is 5.69. The van der Waals surface area contributed by atoms with Gasteiger partial charge in [-0.2, -0.15) is 0 Å². The first-order valence-corrected chi connectivity index (χ1v) is 14.7. The van der Waals surface area contributed by atoms with Gasteiger partial charge in [0.15, 0.2) is 0 Å². The van der Waals surface area contributed by atoms with E-state index in [9.17, 15) is 9.59 Å². The molecule has 0 spiro atoms. The number of unbranched alkanes of at least 4 members (excludes halogenated alkanes) is 2. The zero-order chi connectivity index (χ0) is 29.9. The van der Waals surface area contributed by atoms with Gasteiger partial charge >= 0.3 is 11.9 Å². The average molecular weight is 599 g/mol. The van der Waals surface area contributed by atoms with E-state index in [1.807, 2.05) is 0 Å². The molecule has 0 aliphatic heterocycles. The number of hydrogen-bond donors (Lipinski definition) is 0. The summed E-state index contributed by atoms with van der Waals surface area (Å²) in [4.78, 5) is 22.0. The molecule has 0 saturated carbocycles. The SMILES string of the molecule is CCCCCC(=O)OCCOCCOCCOCCOCCOCCOCCOCCOCCOCCOC(C)=O. The Balaban J connectivity index is 3.07. The minimum absolute atomic E-state index is 0.162. The fourth-order valence-corrected chi connectivity index (χ4v) is 2.91. The minimum atomic E-state index is -0.313. The van der Waals surface area contributed by atoms with Crippen molar-refractivity contribution < 1.29 is 61.7 Å². The van der Waals surface area contributed by atoms with E-state index in [4.69, 9.17) is 52.1 Å². The predicted octanol–water partition coefficient (Wildman–Crippen LogP) is 1.82.